The molecule has 1 saturated carbocycles. The van der Waals surface area contributed by atoms with E-state index in [1.807, 2.05) is 0 Å². The first kappa shape index (κ1) is 70.2. The Morgan fingerprint density at radius 3 is 1.24 bits per heavy atom. The van der Waals surface area contributed by atoms with Gasteiger partial charge in [-0.25, -0.2) is 0 Å². The predicted molar refractivity (Wildman–Crippen MR) is 287 cm³/mol. The Morgan fingerprint density at radius 2 is 0.853 bits per heavy atom. The van der Waals surface area contributed by atoms with E-state index >= 15 is 0 Å². The van der Waals surface area contributed by atoms with Gasteiger partial charge in [-0.05, 0) is 12.8 Å². The van der Waals surface area contributed by atoms with Crippen LogP contribution in [0.15, 0.2) is 0 Å². The highest BCUT2D eigenvalue weighted by molar-refractivity contribution is 7.45. The summed E-state index contributed by atoms with van der Waals surface area (Å²) in [5, 5.41) is 108. The average Bonchev–Trinajstić information content (AvgIpc) is 3.39. The average molecular weight is 1100 g/mol. The van der Waals surface area contributed by atoms with Gasteiger partial charge in [0.2, 0.25) is 5.91 Å². The van der Waals surface area contributed by atoms with Crippen molar-refractivity contribution in [1.29, 1.82) is 0 Å². The number of phosphoric ester groups is 1. The Kier molecular flexibility index (Phi) is 40.2. The highest BCUT2D eigenvalue weighted by Crippen LogP contribution is 2.44. The maximum Gasteiger partial charge on any atom is 0.268 e. The molecule has 2 aliphatic rings. The zero-order chi connectivity index (χ0) is 55.3. The number of hydrogen-bond acceptors (Lipinski definition) is 17. The summed E-state index contributed by atoms with van der Waals surface area (Å²) in [7, 11) is -5.64. The van der Waals surface area contributed by atoms with Gasteiger partial charge in [0.25, 0.3) is 7.82 Å². The zero-order valence-electron chi connectivity index (χ0n) is 46.4. The molecule has 1 aliphatic heterocycles. The molecule has 0 aromatic carbocycles. The van der Waals surface area contributed by atoms with E-state index in [9.17, 15) is 65.3 Å². The second-order valence-corrected chi connectivity index (χ2v) is 23.4. The Hall–Kier alpha value is -0.900. The van der Waals surface area contributed by atoms with Gasteiger partial charge in [-0.15, -0.1) is 0 Å². The van der Waals surface area contributed by atoms with Gasteiger partial charge in [0.1, 0.15) is 67.1 Å². The number of carbonyl (C=O) groups is 1. The minimum absolute atomic E-state index is 0.155. The standard InChI is InChI=1S/C56H110NO17P/c1-3-5-7-9-11-13-15-17-18-19-20-21-22-23-24-25-27-29-31-33-35-37-39-44(60)55(68)57-42(43(59)38-36-34-32-30-28-26-16-14-12-10-8-6-4-2)41-71-75(69,70)74-54-51(66)49(64)48(63)50(65)53(54)73-56-52(67)47(62)46(61)45(40-58)72-56/h42-54,56,58-67H,3-41H2,1-2H3,(H,57,68)(H,69,70)/p-1/t42-,43+,44-,45+,46+,47-,48+,49+,50-,51+,52-,53+,54+,56-/m0/s1. The lowest BCUT2D eigenvalue weighted by atomic mass is 9.84. The van der Waals surface area contributed by atoms with Crippen molar-refractivity contribution in [1.82, 2.24) is 5.32 Å². The number of ether oxygens (including phenoxy) is 2. The first-order valence-corrected chi connectivity index (χ1v) is 31.5. The molecule has 18 nitrogen and oxygen atoms in total. The minimum atomic E-state index is -5.64. The van der Waals surface area contributed by atoms with Gasteiger partial charge in [-0.3, -0.25) is 9.36 Å². The molecule has 19 heteroatoms. The van der Waals surface area contributed by atoms with Gasteiger partial charge in [0.05, 0.1) is 25.4 Å². The smallest absolute Gasteiger partial charge is 0.268 e. The van der Waals surface area contributed by atoms with Crippen molar-refractivity contribution in [3.8, 4) is 0 Å². The molecule has 15 atom stereocenters. The number of aliphatic hydroxyl groups excluding tert-OH is 10. The van der Waals surface area contributed by atoms with E-state index in [1.54, 1.807) is 0 Å². The van der Waals surface area contributed by atoms with E-state index in [0.29, 0.717) is 12.8 Å². The summed E-state index contributed by atoms with van der Waals surface area (Å²) < 4.78 is 34.5. The maximum absolute atomic E-state index is 13.4. The summed E-state index contributed by atoms with van der Waals surface area (Å²) in [5.74, 6) is -0.825. The summed E-state index contributed by atoms with van der Waals surface area (Å²) >= 11 is 0. The molecule has 1 aliphatic carbocycles. The SMILES string of the molecule is CCCCCCCCCCCCCCCCCCCCCCCC[C@H](O)C(=O)N[C@@H](COP(=O)([O-])O[C@@H]1[C@H](O)[C@H](O)[C@@H](O)[C@H](O)[C@H]1O[C@@H]1O[C@H](CO)[C@@H](O)[C@H](O)[C@@H]1O)[C@H](O)CCCCCCCCCCCCCCC. The van der Waals surface area contributed by atoms with Crippen molar-refractivity contribution in [2.45, 2.75) is 337 Å². The molecular formula is C56H109NO17P-. The molecule has 0 aromatic rings. The van der Waals surface area contributed by atoms with Crippen LogP contribution in [0, 0.1) is 0 Å². The molecule has 1 saturated heterocycles. The van der Waals surface area contributed by atoms with E-state index in [2.05, 4.69) is 19.2 Å². The molecule has 1 amide bonds. The monoisotopic (exact) mass is 1100 g/mol. The van der Waals surface area contributed by atoms with Crippen LogP contribution in [0.25, 0.3) is 0 Å². The Balaban J connectivity index is 1.86. The normalized spacial score (nSPS) is 27.2. The Bertz CT molecular complexity index is 1420. The molecule has 2 rings (SSSR count). The van der Waals surface area contributed by atoms with Gasteiger partial charge in [0, 0.05) is 0 Å². The number of rotatable bonds is 48. The lowest BCUT2D eigenvalue weighted by Gasteiger charge is -2.47. The molecule has 2 fully saturated rings. The second-order valence-electron chi connectivity index (χ2n) is 22.0. The third-order valence-corrected chi connectivity index (χ3v) is 16.3. The van der Waals surface area contributed by atoms with Gasteiger partial charge in [-0.2, -0.15) is 0 Å². The number of unbranched alkanes of at least 4 members (excludes halogenated alkanes) is 33. The number of aliphatic hydroxyl groups is 10. The molecular weight excluding hydrogens is 990 g/mol. The van der Waals surface area contributed by atoms with Gasteiger partial charge < -0.3 is 79.8 Å². The number of phosphoric acid groups is 1. The van der Waals surface area contributed by atoms with E-state index in [1.165, 1.54) is 154 Å². The number of carbonyl (C=O) groups excluding carboxylic acids is 1. The molecule has 0 bridgehead atoms. The highest BCUT2D eigenvalue weighted by Gasteiger charge is 2.54. The first-order chi connectivity index (χ1) is 36.1. The third-order valence-electron chi connectivity index (χ3n) is 15.4. The molecule has 75 heavy (non-hydrogen) atoms. The Morgan fingerprint density at radius 1 is 0.507 bits per heavy atom. The van der Waals surface area contributed by atoms with Crippen molar-refractivity contribution in [2.75, 3.05) is 13.2 Å². The van der Waals surface area contributed by atoms with Crippen molar-refractivity contribution >= 4 is 13.7 Å². The lowest BCUT2D eigenvalue weighted by Crippen LogP contribution is -2.67. The second kappa shape index (κ2) is 42.9. The Labute approximate surface area is 451 Å². The van der Waals surface area contributed by atoms with E-state index < -0.39 is 113 Å². The third kappa shape index (κ3) is 29.9. The molecule has 0 spiro atoms. The maximum atomic E-state index is 13.4. The van der Waals surface area contributed by atoms with Crippen LogP contribution in [-0.2, 0) is 27.9 Å². The van der Waals surface area contributed by atoms with E-state index in [0.717, 1.165) is 57.8 Å². The van der Waals surface area contributed by atoms with Crippen LogP contribution in [0.4, 0.5) is 0 Å². The predicted octanol–water partition coefficient (Wildman–Crippen LogP) is 7.18. The number of amides is 1. The van der Waals surface area contributed by atoms with Crippen molar-refractivity contribution in [3.63, 3.8) is 0 Å². The van der Waals surface area contributed by atoms with E-state index in [4.69, 9.17) is 18.5 Å². The fourth-order valence-corrected chi connectivity index (χ4v) is 11.3. The minimum Gasteiger partial charge on any atom is -0.756 e. The van der Waals surface area contributed by atoms with Crippen LogP contribution >= 0.6 is 7.82 Å². The van der Waals surface area contributed by atoms with Crippen LogP contribution in [-0.4, -0.2) is 156 Å². The van der Waals surface area contributed by atoms with Crippen molar-refractivity contribution < 1.29 is 83.8 Å². The summed E-state index contributed by atoms with van der Waals surface area (Å²) in [6.07, 6.45) is 17.0. The summed E-state index contributed by atoms with van der Waals surface area (Å²) in [5.41, 5.74) is 0. The van der Waals surface area contributed by atoms with Gasteiger partial charge >= 0.3 is 0 Å². The summed E-state index contributed by atoms with van der Waals surface area (Å²) in [6, 6.07) is -1.35. The zero-order valence-corrected chi connectivity index (χ0v) is 47.3. The molecule has 0 aromatic heterocycles. The quantitative estimate of drug-likeness (QED) is 0.0212. The summed E-state index contributed by atoms with van der Waals surface area (Å²) in [4.78, 5) is 26.8. The van der Waals surface area contributed by atoms with Crippen LogP contribution < -0.4 is 10.2 Å². The van der Waals surface area contributed by atoms with Gasteiger partial charge in [-0.1, -0.05) is 239 Å². The lowest BCUT2D eigenvalue weighted by molar-refractivity contribution is -0.341. The topological polar surface area (TPSA) is 308 Å². The van der Waals surface area contributed by atoms with E-state index in [-0.39, 0.29) is 12.8 Å². The molecule has 0 radical (unpaired) electrons. The fraction of sp³-hybridized carbons (Fsp3) is 0.982. The van der Waals surface area contributed by atoms with Crippen LogP contribution in [0.2, 0.25) is 0 Å². The molecule has 11 N–H and O–H groups in total. The number of hydrogen-bond donors (Lipinski definition) is 11. The van der Waals surface area contributed by atoms with Crippen LogP contribution in [0.3, 0.4) is 0 Å². The fourth-order valence-electron chi connectivity index (χ4n) is 10.3. The summed E-state index contributed by atoms with van der Waals surface area (Å²) in [6.45, 7) is 2.73. The molecule has 1 unspecified atom stereocenters. The van der Waals surface area contributed by atoms with Crippen LogP contribution in [0.5, 0.6) is 0 Å². The highest BCUT2D eigenvalue weighted by atomic mass is 31.2. The number of nitrogens with one attached hydrogen (secondary N) is 1. The largest absolute Gasteiger partial charge is 0.756 e. The van der Waals surface area contributed by atoms with Crippen molar-refractivity contribution in [2.24, 2.45) is 0 Å². The van der Waals surface area contributed by atoms with Crippen molar-refractivity contribution in [3.05, 3.63) is 0 Å². The first-order valence-electron chi connectivity index (χ1n) is 30.1. The van der Waals surface area contributed by atoms with Gasteiger partial charge in [0.15, 0.2) is 6.29 Å². The molecule has 1 heterocycles. The van der Waals surface area contributed by atoms with Crippen LogP contribution in [0.1, 0.15) is 251 Å². The molecule has 446 valence electrons.